The zero-order chi connectivity index (χ0) is 17.9. The molecule has 25 heavy (non-hydrogen) atoms. The van der Waals surface area contributed by atoms with Crippen LogP contribution in [0.5, 0.6) is 5.75 Å². The largest absolute Gasteiger partial charge is 0.488 e. The number of benzene rings is 2. The lowest BCUT2D eigenvalue weighted by Crippen LogP contribution is -2.13. The zero-order valence-corrected chi connectivity index (χ0v) is 14.0. The standard InChI is InChI=1S/C18H16N2O4S/c19-25(22,23)16-8-6-15(7-9-16)20-18(21)10-5-13-11-14-3-1-2-4-17(14)24-12-13/h1-11H,12H2,(H,20,21)(H2,19,22,23)/b10-5+. The lowest BCUT2D eigenvalue weighted by Gasteiger charge is -2.15. The maximum atomic E-state index is 12.0. The molecular formula is C18H16N2O4S. The first kappa shape index (κ1) is 16.9. The number of nitrogens with two attached hydrogens (primary N) is 1. The highest BCUT2D eigenvalue weighted by Gasteiger charge is 2.09. The van der Waals surface area contributed by atoms with Gasteiger partial charge in [0.2, 0.25) is 15.9 Å². The molecule has 0 unspecified atom stereocenters. The minimum atomic E-state index is -3.75. The van der Waals surface area contributed by atoms with E-state index in [4.69, 9.17) is 9.88 Å². The molecule has 3 N–H and O–H groups in total. The number of amides is 1. The number of sulfonamides is 1. The van der Waals surface area contributed by atoms with Crippen LogP contribution in [0, 0.1) is 0 Å². The number of anilines is 1. The van der Waals surface area contributed by atoms with E-state index in [1.165, 1.54) is 30.3 Å². The van der Waals surface area contributed by atoms with Gasteiger partial charge in [0.25, 0.3) is 0 Å². The molecule has 1 heterocycles. The van der Waals surface area contributed by atoms with Crippen molar-refractivity contribution in [2.75, 3.05) is 11.9 Å². The third kappa shape index (κ3) is 4.34. The van der Waals surface area contributed by atoms with E-state index in [0.717, 1.165) is 16.9 Å². The van der Waals surface area contributed by atoms with E-state index in [-0.39, 0.29) is 10.8 Å². The fourth-order valence-electron chi connectivity index (χ4n) is 2.32. The van der Waals surface area contributed by atoms with Gasteiger partial charge in [0.1, 0.15) is 12.4 Å². The molecule has 1 aliphatic rings. The SMILES string of the molecule is NS(=O)(=O)c1ccc(NC(=O)/C=C/C2=Cc3ccccc3OC2)cc1. The first-order valence-electron chi connectivity index (χ1n) is 7.46. The van der Waals surface area contributed by atoms with Crippen LogP contribution in [0.25, 0.3) is 6.08 Å². The number of carbonyl (C=O) groups excluding carboxylic acids is 1. The van der Waals surface area contributed by atoms with Gasteiger partial charge < -0.3 is 10.1 Å². The third-order valence-corrected chi connectivity index (χ3v) is 4.48. The lowest BCUT2D eigenvalue weighted by molar-refractivity contribution is -0.111. The highest BCUT2D eigenvalue weighted by molar-refractivity contribution is 7.89. The third-order valence-electron chi connectivity index (χ3n) is 3.55. The van der Waals surface area contributed by atoms with Crippen molar-refractivity contribution in [3.05, 3.63) is 71.8 Å². The van der Waals surface area contributed by atoms with Crippen molar-refractivity contribution in [3.8, 4) is 5.75 Å². The topological polar surface area (TPSA) is 98.5 Å². The molecule has 0 saturated heterocycles. The van der Waals surface area contributed by atoms with Crippen LogP contribution in [-0.2, 0) is 14.8 Å². The number of para-hydroxylation sites is 1. The predicted molar refractivity (Wildman–Crippen MR) is 95.5 cm³/mol. The molecule has 0 radical (unpaired) electrons. The van der Waals surface area contributed by atoms with E-state index in [1.54, 1.807) is 6.08 Å². The number of hydrogen-bond acceptors (Lipinski definition) is 4. The Morgan fingerprint density at radius 2 is 1.84 bits per heavy atom. The Balaban J connectivity index is 1.65. The van der Waals surface area contributed by atoms with Crippen molar-refractivity contribution in [2.24, 2.45) is 5.14 Å². The quantitative estimate of drug-likeness (QED) is 0.821. The van der Waals surface area contributed by atoms with Gasteiger partial charge >= 0.3 is 0 Å². The summed E-state index contributed by atoms with van der Waals surface area (Å²) < 4.78 is 28.0. The number of hydrogen-bond donors (Lipinski definition) is 2. The molecule has 0 spiro atoms. The van der Waals surface area contributed by atoms with Crippen LogP contribution < -0.4 is 15.2 Å². The normalized spacial score (nSPS) is 13.7. The van der Waals surface area contributed by atoms with Crippen LogP contribution in [-0.4, -0.2) is 20.9 Å². The number of nitrogens with one attached hydrogen (secondary N) is 1. The Hall–Kier alpha value is -2.90. The first-order valence-corrected chi connectivity index (χ1v) is 9.01. The Bertz CT molecular complexity index is 961. The van der Waals surface area contributed by atoms with E-state index in [0.29, 0.717) is 12.3 Å². The number of carbonyl (C=O) groups is 1. The average molecular weight is 356 g/mol. The molecule has 6 nitrogen and oxygen atoms in total. The van der Waals surface area contributed by atoms with Gasteiger partial charge in [-0.25, -0.2) is 13.6 Å². The summed E-state index contributed by atoms with van der Waals surface area (Å²) >= 11 is 0. The maximum absolute atomic E-state index is 12.0. The summed E-state index contributed by atoms with van der Waals surface area (Å²) in [5, 5.41) is 7.68. The molecule has 0 saturated carbocycles. The van der Waals surface area contributed by atoms with Crippen molar-refractivity contribution < 1.29 is 17.9 Å². The van der Waals surface area contributed by atoms with Crippen LogP contribution in [0.15, 0.2) is 71.2 Å². The van der Waals surface area contributed by atoms with E-state index >= 15 is 0 Å². The van der Waals surface area contributed by atoms with Crippen molar-refractivity contribution in [1.29, 1.82) is 0 Å². The van der Waals surface area contributed by atoms with E-state index in [1.807, 2.05) is 30.3 Å². The summed E-state index contributed by atoms with van der Waals surface area (Å²) in [5.74, 6) is 0.488. The number of rotatable bonds is 4. The van der Waals surface area contributed by atoms with Crippen molar-refractivity contribution in [3.63, 3.8) is 0 Å². The molecular weight excluding hydrogens is 340 g/mol. The first-order chi connectivity index (χ1) is 11.9. The maximum Gasteiger partial charge on any atom is 0.248 e. The molecule has 0 aliphatic carbocycles. The van der Waals surface area contributed by atoms with Crippen molar-refractivity contribution >= 4 is 27.7 Å². The number of ether oxygens (including phenoxy) is 1. The molecule has 1 aliphatic heterocycles. The molecule has 3 rings (SSSR count). The summed E-state index contributed by atoms with van der Waals surface area (Å²) in [6.45, 7) is 0.393. The monoisotopic (exact) mass is 356 g/mol. The number of primary sulfonamides is 1. The van der Waals surface area contributed by atoms with Crippen LogP contribution in [0.2, 0.25) is 0 Å². The molecule has 0 atom stereocenters. The van der Waals surface area contributed by atoms with Gasteiger partial charge in [-0.2, -0.15) is 0 Å². The Kier molecular flexibility index (Phi) is 4.69. The van der Waals surface area contributed by atoms with E-state index in [9.17, 15) is 13.2 Å². The van der Waals surface area contributed by atoms with E-state index < -0.39 is 10.0 Å². The van der Waals surface area contributed by atoms with Crippen LogP contribution in [0.4, 0.5) is 5.69 Å². The highest BCUT2D eigenvalue weighted by atomic mass is 32.2. The predicted octanol–water partition coefficient (Wildman–Crippen LogP) is 2.30. The smallest absolute Gasteiger partial charge is 0.248 e. The van der Waals surface area contributed by atoms with Gasteiger partial charge in [-0.3, -0.25) is 4.79 Å². The summed E-state index contributed by atoms with van der Waals surface area (Å²) in [6.07, 6.45) is 5.05. The molecule has 1 amide bonds. The summed E-state index contributed by atoms with van der Waals surface area (Å²) in [5.41, 5.74) is 2.31. The minimum Gasteiger partial charge on any atom is -0.488 e. The molecule has 0 fully saturated rings. The Morgan fingerprint density at radius 3 is 2.56 bits per heavy atom. The van der Waals surface area contributed by atoms with Gasteiger partial charge in [-0.1, -0.05) is 24.3 Å². The van der Waals surface area contributed by atoms with Crippen LogP contribution >= 0.6 is 0 Å². The van der Waals surface area contributed by atoms with Crippen LogP contribution in [0.1, 0.15) is 5.56 Å². The molecule has 0 aromatic heterocycles. The van der Waals surface area contributed by atoms with Crippen molar-refractivity contribution in [1.82, 2.24) is 0 Å². The summed E-state index contributed by atoms with van der Waals surface area (Å²) in [7, 11) is -3.75. The lowest BCUT2D eigenvalue weighted by atomic mass is 10.1. The molecule has 0 bridgehead atoms. The van der Waals surface area contributed by atoms with Gasteiger partial charge in [0.15, 0.2) is 0 Å². The van der Waals surface area contributed by atoms with Gasteiger partial charge in [-0.15, -0.1) is 0 Å². The van der Waals surface area contributed by atoms with Gasteiger partial charge in [0.05, 0.1) is 4.90 Å². The minimum absolute atomic E-state index is 0.00998. The molecule has 2 aromatic carbocycles. The molecule has 2 aromatic rings. The van der Waals surface area contributed by atoms with Crippen molar-refractivity contribution in [2.45, 2.75) is 4.90 Å². The van der Waals surface area contributed by atoms with Gasteiger partial charge in [-0.05, 0) is 42.0 Å². The van der Waals surface area contributed by atoms with Gasteiger partial charge in [0, 0.05) is 17.3 Å². The number of fused-ring (bicyclic) bond motifs is 1. The summed E-state index contributed by atoms with van der Waals surface area (Å²) in [6, 6.07) is 13.3. The Labute approximate surface area is 145 Å². The second kappa shape index (κ2) is 6.92. The summed E-state index contributed by atoms with van der Waals surface area (Å²) in [4.78, 5) is 12.0. The second-order valence-corrected chi connectivity index (χ2v) is 7.00. The molecule has 128 valence electrons. The van der Waals surface area contributed by atoms with E-state index in [2.05, 4.69) is 5.32 Å². The average Bonchev–Trinajstić information content (AvgIpc) is 2.59. The van der Waals surface area contributed by atoms with Crippen LogP contribution in [0.3, 0.4) is 0 Å². The fraction of sp³-hybridized carbons (Fsp3) is 0.0556. The molecule has 7 heteroatoms. The highest BCUT2D eigenvalue weighted by Crippen LogP contribution is 2.26. The zero-order valence-electron chi connectivity index (χ0n) is 13.2. The Morgan fingerprint density at radius 1 is 1.12 bits per heavy atom. The second-order valence-electron chi connectivity index (χ2n) is 5.44. The fourth-order valence-corrected chi connectivity index (χ4v) is 2.84.